The van der Waals surface area contributed by atoms with E-state index in [4.69, 9.17) is 0 Å². The first-order valence-electron chi connectivity index (χ1n) is 9.82. The van der Waals surface area contributed by atoms with E-state index in [1.54, 1.807) is 0 Å². The number of rotatable bonds is 8. The van der Waals surface area contributed by atoms with E-state index in [0.717, 1.165) is 38.5 Å². The van der Waals surface area contributed by atoms with Crippen LogP contribution in [0, 0.1) is 5.92 Å². The van der Waals surface area contributed by atoms with Gasteiger partial charge in [0.1, 0.15) is 5.78 Å². The van der Waals surface area contributed by atoms with Crippen LogP contribution in [0.25, 0.3) is 0 Å². The lowest BCUT2D eigenvalue weighted by molar-refractivity contribution is -0.124. The van der Waals surface area contributed by atoms with Crippen LogP contribution >= 0.6 is 0 Å². The van der Waals surface area contributed by atoms with Gasteiger partial charge in [-0.25, -0.2) is 0 Å². The Kier molecular flexibility index (Phi) is 8.01. The lowest BCUT2D eigenvalue weighted by Gasteiger charge is -2.41. The molecule has 0 radical (unpaired) electrons. The maximum Gasteiger partial charge on any atom is 0.135 e. The number of carbonyl (C=O) groups excluding carboxylic acids is 1. The first-order valence-corrected chi connectivity index (χ1v) is 9.82. The fraction of sp³-hybridized carbons (Fsp3) is 0.947. The Balaban J connectivity index is 1.61. The fourth-order valence-corrected chi connectivity index (χ4v) is 4.08. The smallest absolute Gasteiger partial charge is 0.135 e. The second kappa shape index (κ2) is 9.75. The topological polar surface area (TPSA) is 35.6 Å². The molecular formula is C19H37N3O. The van der Waals surface area contributed by atoms with Gasteiger partial charge in [-0.05, 0) is 71.4 Å². The van der Waals surface area contributed by atoms with E-state index in [1.165, 1.54) is 38.9 Å². The van der Waals surface area contributed by atoms with E-state index in [1.807, 2.05) is 6.92 Å². The minimum Gasteiger partial charge on any atom is -0.314 e. The molecule has 2 aliphatic rings. The van der Waals surface area contributed by atoms with Crippen LogP contribution in [0.3, 0.4) is 0 Å². The van der Waals surface area contributed by atoms with Crippen LogP contribution in [0.5, 0.6) is 0 Å². The van der Waals surface area contributed by atoms with Crippen molar-refractivity contribution >= 4 is 5.78 Å². The molecule has 134 valence electrons. The Morgan fingerprint density at radius 1 is 1.09 bits per heavy atom. The van der Waals surface area contributed by atoms with E-state index < -0.39 is 0 Å². The van der Waals surface area contributed by atoms with Crippen molar-refractivity contribution < 1.29 is 4.79 Å². The third-order valence-electron chi connectivity index (χ3n) is 5.61. The zero-order chi connectivity index (χ0) is 16.7. The number of hydrogen-bond acceptors (Lipinski definition) is 4. The lowest BCUT2D eigenvalue weighted by atomic mass is 9.89. The van der Waals surface area contributed by atoms with Crippen molar-refractivity contribution in [2.24, 2.45) is 5.92 Å². The Morgan fingerprint density at radius 3 is 2.30 bits per heavy atom. The number of hydrogen-bond donors (Lipinski definition) is 1. The van der Waals surface area contributed by atoms with Crippen molar-refractivity contribution in [1.29, 1.82) is 0 Å². The average Bonchev–Trinajstić information content (AvgIpc) is 2.58. The molecule has 0 saturated carbocycles. The summed E-state index contributed by atoms with van der Waals surface area (Å²) in [6.07, 6.45) is 6.78. The Hall–Kier alpha value is -0.450. The summed E-state index contributed by atoms with van der Waals surface area (Å²) in [6, 6.07) is 1.36. The van der Waals surface area contributed by atoms with Gasteiger partial charge in [-0.2, -0.15) is 0 Å². The minimum absolute atomic E-state index is 0.352. The van der Waals surface area contributed by atoms with Gasteiger partial charge in [-0.15, -0.1) is 0 Å². The molecule has 4 heteroatoms. The molecule has 0 bridgehead atoms. The number of piperidine rings is 2. The molecule has 0 aliphatic carbocycles. The summed E-state index contributed by atoms with van der Waals surface area (Å²) in [6.45, 7) is 13.6. The van der Waals surface area contributed by atoms with Crippen LogP contribution in [0.1, 0.15) is 59.3 Å². The molecule has 2 heterocycles. The molecule has 0 spiro atoms. The van der Waals surface area contributed by atoms with Crippen LogP contribution in [-0.4, -0.2) is 66.9 Å². The zero-order valence-corrected chi connectivity index (χ0v) is 15.5. The second-order valence-electron chi connectivity index (χ2n) is 7.67. The quantitative estimate of drug-likeness (QED) is 0.696. The zero-order valence-electron chi connectivity index (χ0n) is 15.5. The molecule has 0 unspecified atom stereocenters. The van der Waals surface area contributed by atoms with Gasteiger partial charge in [0.25, 0.3) is 0 Å². The van der Waals surface area contributed by atoms with E-state index in [9.17, 15) is 4.79 Å². The van der Waals surface area contributed by atoms with Crippen molar-refractivity contribution in [3.8, 4) is 0 Å². The van der Waals surface area contributed by atoms with Gasteiger partial charge in [-0.1, -0.05) is 20.8 Å². The predicted molar refractivity (Wildman–Crippen MR) is 96.8 cm³/mol. The highest BCUT2D eigenvalue weighted by Crippen LogP contribution is 2.25. The largest absolute Gasteiger partial charge is 0.314 e. The van der Waals surface area contributed by atoms with Crippen LogP contribution in [0.15, 0.2) is 0 Å². The van der Waals surface area contributed by atoms with E-state index >= 15 is 0 Å². The number of Topliss-reactive ketones (excluding diaryl/α,β-unsaturated/α-hetero) is 1. The summed E-state index contributed by atoms with van der Waals surface area (Å²) < 4.78 is 0. The molecule has 0 aromatic carbocycles. The van der Waals surface area contributed by atoms with Gasteiger partial charge < -0.3 is 15.1 Å². The summed E-state index contributed by atoms with van der Waals surface area (Å²) >= 11 is 0. The predicted octanol–water partition coefficient (Wildman–Crippen LogP) is 2.53. The Labute approximate surface area is 143 Å². The number of nitrogens with zero attached hydrogens (tertiary/aromatic N) is 2. The summed E-state index contributed by atoms with van der Waals surface area (Å²) in [5.74, 6) is 0.833. The third kappa shape index (κ3) is 6.17. The summed E-state index contributed by atoms with van der Waals surface area (Å²) in [5, 5.41) is 3.50. The van der Waals surface area contributed by atoms with Crippen LogP contribution < -0.4 is 5.32 Å². The van der Waals surface area contributed by atoms with Gasteiger partial charge in [0.15, 0.2) is 0 Å². The maximum atomic E-state index is 11.8. The normalized spacial score (nSPS) is 22.8. The molecule has 2 saturated heterocycles. The first-order chi connectivity index (χ1) is 11.1. The molecule has 0 aromatic heterocycles. The van der Waals surface area contributed by atoms with Crippen molar-refractivity contribution in [3.63, 3.8) is 0 Å². The van der Waals surface area contributed by atoms with Gasteiger partial charge in [0.2, 0.25) is 0 Å². The van der Waals surface area contributed by atoms with Gasteiger partial charge in [0.05, 0.1) is 0 Å². The van der Waals surface area contributed by atoms with Gasteiger partial charge in [0, 0.05) is 24.4 Å². The highest BCUT2D eigenvalue weighted by Gasteiger charge is 2.29. The summed E-state index contributed by atoms with van der Waals surface area (Å²) in [4.78, 5) is 17.1. The standard InChI is InChI=1S/C19H37N3O/c1-4-19(23)17-6-14-22(15-7-17)18-8-12-21(13-9-18)11-5-10-20-16(2)3/h16-18,20H,4-15H2,1-3H3. The van der Waals surface area contributed by atoms with Crippen molar-refractivity contribution in [1.82, 2.24) is 15.1 Å². The lowest BCUT2D eigenvalue weighted by Crippen LogP contribution is -2.48. The van der Waals surface area contributed by atoms with Crippen molar-refractivity contribution in [2.45, 2.75) is 71.4 Å². The van der Waals surface area contributed by atoms with Crippen LogP contribution in [0.4, 0.5) is 0 Å². The number of ketones is 1. The highest BCUT2D eigenvalue weighted by molar-refractivity contribution is 5.80. The molecule has 2 aliphatic heterocycles. The Morgan fingerprint density at radius 2 is 1.74 bits per heavy atom. The van der Waals surface area contributed by atoms with Crippen LogP contribution in [-0.2, 0) is 4.79 Å². The van der Waals surface area contributed by atoms with E-state index in [2.05, 4.69) is 29.0 Å². The van der Waals surface area contributed by atoms with E-state index in [-0.39, 0.29) is 0 Å². The fourth-order valence-electron chi connectivity index (χ4n) is 4.08. The third-order valence-corrected chi connectivity index (χ3v) is 5.61. The van der Waals surface area contributed by atoms with Crippen LogP contribution in [0.2, 0.25) is 0 Å². The molecule has 4 nitrogen and oxygen atoms in total. The van der Waals surface area contributed by atoms with Crippen molar-refractivity contribution in [3.05, 3.63) is 0 Å². The monoisotopic (exact) mass is 323 g/mol. The molecule has 2 fully saturated rings. The number of likely N-dealkylation sites (tertiary alicyclic amines) is 2. The first kappa shape index (κ1) is 18.9. The SMILES string of the molecule is CCC(=O)C1CCN(C2CCN(CCCNC(C)C)CC2)CC1. The molecule has 2 rings (SSSR count). The number of nitrogens with one attached hydrogen (secondary N) is 1. The molecule has 0 atom stereocenters. The highest BCUT2D eigenvalue weighted by atomic mass is 16.1. The van der Waals surface area contributed by atoms with Crippen molar-refractivity contribution in [2.75, 3.05) is 39.3 Å². The summed E-state index contributed by atoms with van der Waals surface area (Å²) in [5.41, 5.74) is 0. The minimum atomic E-state index is 0.352. The summed E-state index contributed by atoms with van der Waals surface area (Å²) in [7, 11) is 0. The molecule has 1 N–H and O–H groups in total. The Bertz CT molecular complexity index is 343. The average molecular weight is 324 g/mol. The number of carbonyl (C=O) groups is 1. The molecule has 0 aromatic rings. The van der Waals surface area contributed by atoms with E-state index in [0.29, 0.717) is 24.2 Å². The molecular weight excluding hydrogens is 286 g/mol. The van der Waals surface area contributed by atoms with Gasteiger partial charge in [-0.3, -0.25) is 4.79 Å². The second-order valence-corrected chi connectivity index (χ2v) is 7.67. The maximum absolute atomic E-state index is 11.8. The van der Waals surface area contributed by atoms with Gasteiger partial charge >= 0.3 is 0 Å². The molecule has 23 heavy (non-hydrogen) atoms. The molecule has 0 amide bonds.